The van der Waals surface area contributed by atoms with E-state index in [1.165, 1.54) is 11.3 Å². The van der Waals surface area contributed by atoms with E-state index in [1.54, 1.807) is 24.3 Å². The molecule has 1 heterocycles. The first-order chi connectivity index (χ1) is 16.7. The van der Waals surface area contributed by atoms with Gasteiger partial charge < -0.3 is 10.1 Å². The van der Waals surface area contributed by atoms with Crippen LogP contribution in [0, 0.1) is 0 Å². The summed E-state index contributed by atoms with van der Waals surface area (Å²) in [7, 11) is 0. The van der Waals surface area contributed by atoms with Crippen LogP contribution in [0.3, 0.4) is 0 Å². The van der Waals surface area contributed by atoms with E-state index in [1.807, 2.05) is 60.7 Å². The minimum atomic E-state index is -0.280. The molecule has 3 aromatic carbocycles. The number of benzene rings is 3. The summed E-state index contributed by atoms with van der Waals surface area (Å²) < 4.78 is 5.68. The molecule has 2 N–H and O–H groups in total. The van der Waals surface area contributed by atoms with Gasteiger partial charge in [0.25, 0.3) is 5.91 Å². The molecule has 0 fully saturated rings. The number of hydrogen-bond donors (Lipinski definition) is 2. The maximum Gasteiger partial charge on any atom is 0.257 e. The normalized spacial score (nSPS) is 10.5. The molecule has 0 aliphatic carbocycles. The highest BCUT2D eigenvalue weighted by molar-refractivity contribution is 7.15. The minimum Gasteiger partial charge on any atom is -0.494 e. The quantitative estimate of drug-likeness (QED) is 0.318. The van der Waals surface area contributed by atoms with Crippen LogP contribution >= 0.6 is 11.3 Å². The third-order valence-electron chi connectivity index (χ3n) is 4.87. The number of para-hydroxylation sites is 1. The lowest BCUT2D eigenvalue weighted by Crippen LogP contribution is -2.15. The zero-order valence-electron chi connectivity index (χ0n) is 18.4. The fraction of sp³-hybridized carbons (Fsp3) is 0.154. The van der Waals surface area contributed by atoms with Crippen LogP contribution in [0.25, 0.3) is 0 Å². The summed E-state index contributed by atoms with van der Waals surface area (Å²) in [6.07, 6.45) is 1.81. The first kappa shape index (κ1) is 23.1. The Labute approximate surface area is 201 Å². The van der Waals surface area contributed by atoms with Crippen LogP contribution < -0.4 is 15.4 Å². The Morgan fingerprint density at radius 3 is 2.26 bits per heavy atom. The molecule has 0 aliphatic heterocycles. The molecule has 0 aliphatic rings. The molecule has 0 saturated carbocycles. The number of carbonyl (C=O) groups excluding carboxylic acids is 2. The molecule has 0 radical (unpaired) electrons. The van der Waals surface area contributed by atoms with Gasteiger partial charge in [-0.05, 0) is 48.4 Å². The summed E-state index contributed by atoms with van der Waals surface area (Å²) >= 11 is 1.35. The van der Waals surface area contributed by atoms with E-state index < -0.39 is 0 Å². The van der Waals surface area contributed by atoms with Crippen molar-refractivity contribution in [1.29, 1.82) is 0 Å². The van der Waals surface area contributed by atoms with Crippen molar-refractivity contribution in [3.63, 3.8) is 0 Å². The second-order valence-corrected chi connectivity index (χ2v) is 8.57. The van der Waals surface area contributed by atoms with Crippen LogP contribution in [-0.2, 0) is 17.6 Å². The van der Waals surface area contributed by atoms with Crippen molar-refractivity contribution in [2.45, 2.75) is 19.3 Å². The lowest BCUT2D eigenvalue weighted by Gasteiger charge is -2.07. The average Bonchev–Trinajstić information content (AvgIpc) is 3.30. The van der Waals surface area contributed by atoms with Gasteiger partial charge in [0, 0.05) is 17.7 Å². The molecule has 0 atom stereocenters. The van der Waals surface area contributed by atoms with E-state index in [2.05, 4.69) is 20.8 Å². The fourth-order valence-electron chi connectivity index (χ4n) is 3.20. The molecule has 4 aromatic rings. The first-order valence-corrected chi connectivity index (χ1v) is 11.7. The van der Waals surface area contributed by atoms with E-state index in [-0.39, 0.29) is 11.8 Å². The monoisotopic (exact) mass is 472 g/mol. The van der Waals surface area contributed by atoms with Crippen molar-refractivity contribution in [1.82, 2.24) is 10.2 Å². The topological polar surface area (TPSA) is 93.2 Å². The minimum absolute atomic E-state index is 0.112. The average molecular weight is 473 g/mol. The van der Waals surface area contributed by atoms with Crippen LogP contribution in [-0.4, -0.2) is 28.6 Å². The van der Waals surface area contributed by atoms with E-state index in [0.717, 1.165) is 29.2 Å². The lowest BCUT2D eigenvalue weighted by atomic mass is 10.1. The van der Waals surface area contributed by atoms with E-state index >= 15 is 0 Å². The van der Waals surface area contributed by atoms with Gasteiger partial charge in [0.15, 0.2) is 0 Å². The zero-order valence-corrected chi connectivity index (χ0v) is 19.3. The Kier molecular flexibility index (Phi) is 7.97. The summed E-state index contributed by atoms with van der Waals surface area (Å²) in [5, 5.41) is 15.1. The predicted molar refractivity (Wildman–Crippen MR) is 133 cm³/mol. The van der Waals surface area contributed by atoms with Crippen LogP contribution in [0.15, 0.2) is 84.9 Å². The Morgan fingerprint density at radius 1 is 0.824 bits per heavy atom. The van der Waals surface area contributed by atoms with Gasteiger partial charge in [0.1, 0.15) is 10.8 Å². The number of rotatable bonds is 10. The molecule has 0 bridgehead atoms. The summed E-state index contributed by atoms with van der Waals surface area (Å²) in [5.41, 5.74) is 2.04. The number of anilines is 2. The maximum atomic E-state index is 12.5. The number of aromatic nitrogens is 2. The number of carbonyl (C=O) groups is 2. The molecule has 0 unspecified atom stereocenters. The highest BCUT2D eigenvalue weighted by Gasteiger charge is 2.11. The molecule has 2 amide bonds. The second-order valence-electron chi connectivity index (χ2n) is 7.51. The van der Waals surface area contributed by atoms with Crippen molar-refractivity contribution < 1.29 is 14.3 Å². The molecular formula is C26H24N4O3S. The number of nitrogens with zero attached hydrogens (tertiary/aromatic N) is 2. The zero-order chi connectivity index (χ0) is 23.6. The fourth-order valence-corrected chi connectivity index (χ4v) is 3.97. The van der Waals surface area contributed by atoms with Gasteiger partial charge in [-0.15, -0.1) is 10.2 Å². The Bertz CT molecular complexity index is 1210. The smallest absolute Gasteiger partial charge is 0.257 e. The highest BCUT2D eigenvalue weighted by Crippen LogP contribution is 2.19. The molecule has 1 aromatic heterocycles. The van der Waals surface area contributed by atoms with E-state index in [0.29, 0.717) is 29.4 Å². The van der Waals surface area contributed by atoms with Gasteiger partial charge in [-0.3, -0.25) is 14.9 Å². The van der Waals surface area contributed by atoms with Crippen LogP contribution in [0.4, 0.5) is 10.8 Å². The molecule has 34 heavy (non-hydrogen) atoms. The van der Waals surface area contributed by atoms with Gasteiger partial charge in [-0.1, -0.05) is 59.9 Å². The van der Waals surface area contributed by atoms with Gasteiger partial charge in [0.05, 0.1) is 13.0 Å². The van der Waals surface area contributed by atoms with Crippen molar-refractivity contribution in [3.8, 4) is 5.75 Å². The highest BCUT2D eigenvalue weighted by atomic mass is 32.1. The molecule has 7 nitrogen and oxygen atoms in total. The summed E-state index contributed by atoms with van der Waals surface area (Å²) in [6, 6.07) is 25.9. The van der Waals surface area contributed by atoms with Gasteiger partial charge in [-0.25, -0.2) is 0 Å². The molecular weight excluding hydrogens is 448 g/mol. The Balaban J connectivity index is 1.22. The molecule has 4 rings (SSSR count). The van der Waals surface area contributed by atoms with Crippen molar-refractivity contribution >= 4 is 34.0 Å². The Hall–Kier alpha value is -4.04. The standard InChI is InChI=1S/C26H24N4O3S/c31-23(18-19-8-3-1-4-9-19)27-21-15-13-20(14-16-21)25(32)28-26-30-29-24(34-26)12-7-17-33-22-10-5-2-6-11-22/h1-6,8-11,13-16H,7,12,17-18H2,(H,27,31)(H,28,30,32). The molecule has 172 valence electrons. The summed E-state index contributed by atoms with van der Waals surface area (Å²) in [4.78, 5) is 24.7. The van der Waals surface area contributed by atoms with E-state index in [9.17, 15) is 9.59 Å². The second kappa shape index (κ2) is 11.7. The lowest BCUT2D eigenvalue weighted by molar-refractivity contribution is -0.115. The number of amides is 2. The summed E-state index contributed by atoms with van der Waals surface area (Å²) in [5.74, 6) is 0.450. The number of nitrogens with one attached hydrogen (secondary N) is 2. The third-order valence-corrected chi connectivity index (χ3v) is 5.77. The molecule has 0 saturated heterocycles. The van der Waals surface area contributed by atoms with E-state index in [4.69, 9.17) is 4.74 Å². The Morgan fingerprint density at radius 2 is 1.53 bits per heavy atom. The number of ether oxygens (including phenoxy) is 1. The van der Waals surface area contributed by atoms with Crippen molar-refractivity contribution in [2.75, 3.05) is 17.2 Å². The first-order valence-electron chi connectivity index (χ1n) is 10.9. The van der Waals surface area contributed by atoms with Crippen LogP contribution in [0.2, 0.25) is 0 Å². The van der Waals surface area contributed by atoms with Crippen LogP contribution in [0.5, 0.6) is 5.75 Å². The number of aryl methyl sites for hydroxylation is 1. The number of hydrogen-bond acceptors (Lipinski definition) is 6. The van der Waals surface area contributed by atoms with Gasteiger partial charge >= 0.3 is 0 Å². The maximum absolute atomic E-state index is 12.5. The van der Waals surface area contributed by atoms with Gasteiger partial charge in [0.2, 0.25) is 11.0 Å². The molecule has 0 spiro atoms. The van der Waals surface area contributed by atoms with Crippen LogP contribution in [0.1, 0.15) is 27.3 Å². The SMILES string of the molecule is O=C(Cc1ccccc1)Nc1ccc(C(=O)Nc2nnc(CCCOc3ccccc3)s2)cc1. The largest absolute Gasteiger partial charge is 0.494 e. The van der Waals surface area contributed by atoms with Gasteiger partial charge in [-0.2, -0.15) is 0 Å². The summed E-state index contributed by atoms with van der Waals surface area (Å²) in [6.45, 7) is 0.583. The van der Waals surface area contributed by atoms with Crippen molar-refractivity contribution in [3.05, 3.63) is 101 Å². The molecule has 8 heteroatoms. The third kappa shape index (κ3) is 6.98. The predicted octanol–water partition coefficient (Wildman–Crippen LogP) is 4.98. The van der Waals surface area contributed by atoms with Crippen molar-refractivity contribution in [2.24, 2.45) is 0 Å².